The fourth-order valence-electron chi connectivity index (χ4n) is 4.46. The molecule has 0 bridgehead atoms. The van der Waals surface area contributed by atoms with Crippen LogP contribution in [0.5, 0.6) is 5.75 Å². The molecule has 1 fully saturated rings. The third-order valence-electron chi connectivity index (χ3n) is 6.75. The highest BCUT2D eigenvalue weighted by Crippen LogP contribution is 2.20. The second kappa shape index (κ2) is 13.0. The van der Waals surface area contributed by atoms with Crippen LogP contribution >= 0.6 is 0 Å². The number of nitrogens with zero attached hydrogens (tertiary/aromatic N) is 1. The lowest BCUT2D eigenvalue weighted by Crippen LogP contribution is -2.58. The van der Waals surface area contributed by atoms with Gasteiger partial charge < -0.3 is 31.5 Å². The normalized spacial score (nSPS) is 17.5. The van der Waals surface area contributed by atoms with Gasteiger partial charge in [0.05, 0.1) is 6.04 Å². The molecule has 0 saturated carbocycles. The minimum atomic E-state index is -1.09. The molecule has 10 nitrogen and oxygen atoms in total. The Kier molecular flexibility index (Phi) is 9.84. The van der Waals surface area contributed by atoms with E-state index in [1.807, 2.05) is 30.3 Å². The molecule has 6 N–H and O–H groups in total. The molecule has 3 amide bonds. The highest BCUT2D eigenvalue weighted by molar-refractivity contribution is 5.94. The first kappa shape index (κ1) is 28.6. The van der Waals surface area contributed by atoms with Crippen LogP contribution < -0.4 is 16.4 Å². The fourth-order valence-corrected chi connectivity index (χ4v) is 4.46. The van der Waals surface area contributed by atoms with Gasteiger partial charge in [-0.15, -0.1) is 0 Å². The molecule has 0 aliphatic carbocycles. The van der Waals surface area contributed by atoms with Gasteiger partial charge in [-0.05, 0) is 42.0 Å². The second-order valence-electron chi connectivity index (χ2n) is 9.98. The number of likely N-dealkylation sites (tertiary alicyclic amines) is 1. The van der Waals surface area contributed by atoms with E-state index in [4.69, 9.17) is 5.73 Å². The molecule has 4 atom stereocenters. The van der Waals surface area contributed by atoms with E-state index in [2.05, 4.69) is 10.6 Å². The number of phenolic OH excluding ortho intramolecular Hbond substituents is 1. The highest BCUT2D eigenvalue weighted by Gasteiger charge is 2.38. The Labute approximate surface area is 222 Å². The number of hydrogen-bond donors (Lipinski definition) is 5. The summed E-state index contributed by atoms with van der Waals surface area (Å²) in [6.07, 6.45) is 1.12. The van der Waals surface area contributed by atoms with Crippen LogP contribution in [0.15, 0.2) is 54.6 Å². The first-order valence-electron chi connectivity index (χ1n) is 12.8. The van der Waals surface area contributed by atoms with Crippen LogP contribution in [-0.4, -0.2) is 69.5 Å². The van der Waals surface area contributed by atoms with Crippen molar-refractivity contribution >= 4 is 23.7 Å². The number of phenols is 1. The van der Waals surface area contributed by atoms with Crippen molar-refractivity contribution in [2.45, 2.75) is 63.7 Å². The van der Waals surface area contributed by atoms with Gasteiger partial charge in [-0.25, -0.2) is 4.79 Å². The van der Waals surface area contributed by atoms with Crippen LogP contribution in [0.2, 0.25) is 0 Å². The molecular formula is C28H36N4O6. The lowest BCUT2D eigenvalue weighted by atomic mass is 10.0. The van der Waals surface area contributed by atoms with Crippen molar-refractivity contribution in [1.82, 2.24) is 15.5 Å². The largest absolute Gasteiger partial charge is 0.508 e. The van der Waals surface area contributed by atoms with E-state index in [0.717, 1.165) is 5.56 Å². The SMILES string of the molecule is CC(C)C(N)C(=O)NC(Cc1ccccc1)C(=O)NC(Cc1ccc(O)cc1)C(=O)N1CCCC1C(=O)O. The van der Waals surface area contributed by atoms with Crippen molar-refractivity contribution < 1.29 is 29.4 Å². The summed E-state index contributed by atoms with van der Waals surface area (Å²) in [5, 5.41) is 24.7. The molecule has 38 heavy (non-hydrogen) atoms. The maximum Gasteiger partial charge on any atom is 0.326 e. The van der Waals surface area contributed by atoms with Crippen molar-refractivity contribution in [1.29, 1.82) is 0 Å². The maximum absolute atomic E-state index is 13.6. The maximum atomic E-state index is 13.6. The predicted octanol–water partition coefficient (Wildman–Crippen LogP) is 1.21. The Morgan fingerprint density at radius 2 is 1.50 bits per heavy atom. The molecule has 2 aromatic rings. The van der Waals surface area contributed by atoms with Crippen LogP contribution in [0, 0.1) is 5.92 Å². The van der Waals surface area contributed by atoms with Crippen LogP contribution in [0.3, 0.4) is 0 Å². The zero-order valence-electron chi connectivity index (χ0n) is 21.7. The standard InChI is InChI=1S/C28H36N4O6/c1-17(2)24(29)26(35)30-21(15-18-7-4-3-5-8-18)25(34)31-22(16-19-10-12-20(33)13-11-19)27(36)32-14-6-9-23(32)28(37)38/h3-5,7-8,10-13,17,21-24,33H,6,9,14-16,29H2,1-2H3,(H,30,35)(H,31,34)(H,37,38). The van der Waals surface area contributed by atoms with Gasteiger partial charge in [0.25, 0.3) is 0 Å². The third-order valence-corrected chi connectivity index (χ3v) is 6.75. The number of hydrogen-bond acceptors (Lipinski definition) is 6. The Hall–Kier alpha value is -3.92. The number of nitrogens with two attached hydrogens (primary N) is 1. The van der Waals surface area contributed by atoms with E-state index in [1.165, 1.54) is 17.0 Å². The number of aromatic hydroxyl groups is 1. The number of carbonyl (C=O) groups is 4. The quantitative estimate of drug-likeness (QED) is 0.295. The first-order valence-corrected chi connectivity index (χ1v) is 12.8. The topological polar surface area (TPSA) is 162 Å². The van der Waals surface area contributed by atoms with E-state index in [9.17, 15) is 29.4 Å². The van der Waals surface area contributed by atoms with Gasteiger partial charge in [-0.1, -0.05) is 56.3 Å². The molecule has 4 unspecified atom stereocenters. The van der Waals surface area contributed by atoms with Crippen molar-refractivity contribution in [3.63, 3.8) is 0 Å². The number of nitrogens with one attached hydrogen (secondary N) is 2. The molecular weight excluding hydrogens is 488 g/mol. The molecule has 0 aromatic heterocycles. The Morgan fingerprint density at radius 1 is 0.921 bits per heavy atom. The summed E-state index contributed by atoms with van der Waals surface area (Å²) in [6, 6.07) is 11.5. The minimum Gasteiger partial charge on any atom is -0.508 e. The summed E-state index contributed by atoms with van der Waals surface area (Å²) in [7, 11) is 0. The number of rotatable bonds is 11. The Bertz CT molecular complexity index is 1120. The Balaban J connectivity index is 1.87. The molecule has 204 valence electrons. The minimum absolute atomic E-state index is 0.0540. The zero-order chi connectivity index (χ0) is 27.8. The Morgan fingerprint density at radius 3 is 2.11 bits per heavy atom. The zero-order valence-corrected chi connectivity index (χ0v) is 21.7. The van der Waals surface area contributed by atoms with E-state index >= 15 is 0 Å². The monoisotopic (exact) mass is 524 g/mol. The van der Waals surface area contributed by atoms with Gasteiger partial charge in [-0.3, -0.25) is 14.4 Å². The lowest BCUT2D eigenvalue weighted by Gasteiger charge is -2.29. The molecule has 3 rings (SSSR count). The second-order valence-corrected chi connectivity index (χ2v) is 9.98. The smallest absolute Gasteiger partial charge is 0.326 e. The predicted molar refractivity (Wildman–Crippen MR) is 141 cm³/mol. The van der Waals surface area contributed by atoms with E-state index in [-0.39, 0.29) is 31.1 Å². The van der Waals surface area contributed by atoms with Crippen molar-refractivity contribution in [3.8, 4) is 5.75 Å². The fraction of sp³-hybridized carbons (Fsp3) is 0.429. The molecule has 0 spiro atoms. The number of carbonyl (C=O) groups excluding carboxylic acids is 3. The molecule has 1 heterocycles. The summed E-state index contributed by atoms with van der Waals surface area (Å²) in [5.41, 5.74) is 7.48. The van der Waals surface area contributed by atoms with Crippen LogP contribution in [0.4, 0.5) is 0 Å². The number of aliphatic carboxylic acids is 1. The molecule has 1 saturated heterocycles. The van der Waals surface area contributed by atoms with Gasteiger partial charge in [-0.2, -0.15) is 0 Å². The van der Waals surface area contributed by atoms with Crippen molar-refractivity contribution in [2.24, 2.45) is 11.7 Å². The summed E-state index contributed by atoms with van der Waals surface area (Å²) in [4.78, 5) is 52.9. The lowest BCUT2D eigenvalue weighted by molar-refractivity contribution is -0.149. The van der Waals surface area contributed by atoms with E-state index in [1.54, 1.807) is 26.0 Å². The molecule has 0 radical (unpaired) electrons. The van der Waals surface area contributed by atoms with E-state index in [0.29, 0.717) is 18.4 Å². The first-order chi connectivity index (χ1) is 18.1. The summed E-state index contributed by atoms with van der Waals surface area (Å²) in [6.45, 7) is 3.88. The van der Waals surface area contributed by atoms with Gasteiger partial charge in [0.2, 0.25) is 17.7 Å². The summed E-state index contributed by atoms with van der Waals surface area (Å²) in [5.74, 6) is -2.77. The number of carboxylic acid groups (broad SMARTS) is 1. The van der Waals surface area contributed by atoms with E-state index < -0.39 is 47.9 Å². The highest BCUT2D eigenvalue weighted by atomic mass is 16.4. The average molecular weight is 525 g/mol. The average Bonchev–Trinajstić information content (AvgIpc) is 3.39. The molecule has 1 aliphatic rings. The number of benzene rings is 2. The van der Waals surface area contributed by atoms with Crippen molar-refractivity contribution in [3.05, 3.63) is 65.7 Å². The van der Waals surface area contributed by atoms with Gasteiger partial charge in [0, 0.05) is 19.4 Å². The van der Waals surface area contributed by atoms with Gasteiger partial charge in [0.1, 0.15) is 23.9 Å². The van der Waals surface area contributed by atoms with Crippen LogP contribution in [0.1, 0.15) is 37.8 Å². The third kappa shape index (κ3) is 7.55. The van der Waals surface area contributed by atoms with Crippen molar-refractivity contribution in [2.75, 3.05) is 6.54 Å². The van der Waals surface area contributed by atoms with Crippen LogP contribution in [0.25, 0.3) is 0 Å². The molecule has 2 aromatic carbocycles. The summed E-state index contributed by atoms with van der Waals surface area (Å²) < 4.78 is 0. The number of carboxylic acids is 1. The number of amides is 3. The van der Waals surface area contributed by atoms with Crippen LogP contribution in [-0.2, 0) is 32.0 Å². The van der Waals surface area contributed by atoms with Gasteiger partial charge in [0.15, 0.2) is 0 Å². The van der Waals surface area contributed by atoms with Gasteiger partial charge >= 0.3 is 5.97 Å². The summed E-state index contributed by atoms with van der Waals surface area (Å²) >= 11 is 0. The molecule has 1 aliphatic heterocycles. The molecule has 10 heteroatoms.